The average molecular weight is 1760 g/mol. The van der Waals surface area contributed by atoms with E-state index in [1.54, 1.807) is 0 Å². The average Bonchev–Trinajstić information content (AvgIpc) is 1.58. The number of fused-ring (bicyclic) bond motifs is 18. The fourth-order valence-electron chi connectivity index (χ4n) is 21.1. The Hall–Kier alpha value is -13.7. The minimum atomic E-state index is -0.371. The summed E-state index contributed by atoms with van der Waals surface area (Å²) in [6.07, 6.45) is 0. The Balaban J connectivity index is 0.000000120. The molecule has 0 bridgehead atoms. The minimum Gasteiger partial charge on any atom is -0.399 e. The molecule has 4 aromatic heterocycles. The SMILES string of the molecule is CC1(C)c2ccccc2-c2ccc(-c3cccc4c3sc3c(B5OC(C)(C)C(C)(C)O5)cccc34)cc21.CC1(C)c2ccccc2-c2ccc(-c3nc(-c4ccccc4)nc(-c4cccc(-c5cccc6c5sc5c(-c7ccc8c(c7)C(C)(C)c7ccccc7-8)cccc56)c4)n3)cc21.CC1(C)c2ccccc2-c2ccc(-c3nc(-c4ccccc4)nc(-c4cccc(Cl)c4)n3)cc21. The molecule has 1 saturated heterocycles. The Morgan fingerprint density at radius 3 is 0.833 bits per heavy atom. The van der Waals surface area contributed by atoms with Gasteiger partial charge in [0.05, 0.1) is 11.2 Å². The second-order valence-electron chi connectivity index (χ2n) is 38.7. The summed E-state index contributed by atoms with van der Waals surface area (Å²) in [6.45, 7) is 27.0. The zero-order valence-corrected chi connectivity index (χ0v) is 78.1. The van der Waals surface area contributed by atoms with Gasteiger partial charge in [0.1, 0.15) is 0 Å². The van der Waals surface area contributed by atoms with E-state index in [0.29, 0.717) is 40.0 Å². The largest absolute Gasteiger partial charge is 0.496 e. The van der Waals surface area contributed by atoms with Gasteiger partial charge >= 0.3 is 7.12 Å². The standard InChI is InChI=1S/C57H41N3S.C33H31BO2S.C30H22ClN3/c1-56(2)47-25-10-8-19-41(47)43-29-27-36(32-49(43)56)40-22-14-24-46-45-23-13-21-39(51(45)61-52(40)46)35-17-12-18-37(31-35)54-58-53(34-15-6-5-7-16-34)59-55(60-54)38-28-30-44-42-20-9-11-26-48(42)57(3,4)50(44)33-38;1-31(2)26-15-8-7-11-22(26)23-18-17-20(19-27(23)31)21-12-9-13-24-25-14-10-16-28(30(25)37-29(21)24)34-35-32(3,4)33(5,6)36-34;1-30(2)25-14-7-6-13-23(25)24-16-15-21(18-26(24)30)29-33-27(19-9-4-3-5-10-19)32-28(34-29)20-11-8-12-22(31)17-20/h5-33H,1-4H3;7-19H,1-6H3;3-18H,1-2H3. The highest BCUT2D eigenvalue weighted by Gasteiger charge is 2.52. The third-order valence-corrected chi connectivity index (χ3v) is 31.7. The molecule has 20 aromatic rings. The Morgan fingerprint density at radius 2 is 0.462 bits per heavy atom. The normalized spacial score (nSPS) is 15.3. The van der Waals surface area contributed by atoms with E-state index in [1.165, 1.54) is 157 Å². The molecule has 12 heteroatoms. The number of hydrogen-bond donors (Lipinski definition) is 0. The molecule has 25 rings (SSSR count). The number of halogens is 1. The molecular weight excluding hydrogens is 1670 g/mol. The maximum absolute atomic E-state index is 6.46. The lowest BCUT2D eigenvalue weighted by Crippen LogP contribution is -2.41. The summed E-state index contributed by atoms with van der Waals surface area (Å²) in [4.78, 5) is 30.0. The van der Waals surface area contributed by atoms with Crippen molar-refractivity contribution in [3.63, 3.8) is 0 Å². The van der Waals surface area contributed by atoms with Crippen LogP contribution in [-0.4, -0.2) is 48.2 Å². The highest BCUT2D eigenvalue weighted by molar-refractivity contribution is 7.27. The van der Waals surface area contributed by atoms with Gasteiger partial charge in [-0.25, -0.2) is 29.9 Å². The van der Waals surface area contributed by atoms with Crippen LogP contribution in [0.25, 0.3) is 187 Å². The van der Waals surface area contributed by atoms with E-state index >= 15 is 0 Å². The maximum Gasteiger partial charge on any atom is 0.496 e. The molecule has 0 N–H and O–H groups in total. The first-order chi connectivity index (χ1) is 63.8. The van der Waals surface area contributed by atoms with Gasteiger partial charge in [0, 0.05) is 100 Å². The van der Waals surface area contributed by atoms with Crippen molar-refractivity contribution in [2.24, 2.45) is 0 Å². The molecular formula is C120H94BClN6O2S2. The molecule has 0 atom stereocenters. The van der Waals surface area contributed by atoms with E-state index in [0.717, 1.165) is 44.4 Å². The monoisotopic (exact) mass is 1760 g/mol. The van der Waals surface area contributed by atoms with E-state index in [4.69, 9.17) is 50.8 Å². The fraction of sp³-hybridized carbons (Fsp3) is 0.150. The molecule has 638 valence electrons. The third kappa shape index (κ3) is 13.6. The number of thiophene rings is 2. The lowest BCUT2D eigenvalue weighted by molar-refractivity contribution is 0.00578. The van der Waals surface area contributed by atoms with Crippen molar-refractivity contribution in [2.75, 3.05) is 0 Å². The predicted molar refractivity (Wildman–Crippen MR) is 552 cm³/mol. The van der Waals surface area contributed by atoms with Crippen LogP contribution >= 0.6 is 34.3 Å². The van der Waals surface area contributed by atoms with Crippen molar-refractivity contribution >= 4 is 87.2 Å². The third-order valence-electron chi connectivity index (χ3n) is 28.9. The molecule has 0 spiro atoms. The Kier molecular flexibility index (Phi) is 19.6. The molecule has 0 unspecified atom stereocenters. The molecule has 0 amide bonds. The lowest BCUT2D eigenvalue weighted by Gasteiger charge is -2.32. The Bertz CT molecular complexity index is 8130. The van der Waals surface area contributed by atoms with Crippen molar-refractivity contribution in [3.05, 3.63) is 401 Å². The van der Waals surface area contributed by atoms with Crippen molar-refractivity contribution < 1.29 is 9.31 Å². The predicted octanol–water partition coefficient (Wildman–Crippen LogP) is 31.3. The van der Waals surface area contributed by atoms with Crippen LogP contribution in [0.2, 0.25) is 5.02 Å². The quantitative estimate of drug-likeness (QED) is 0.125. The van der Waals surface area contributed by atoms with Crippen LogP contribution in [0.15, 0.2) is 352 Å². The zero-order chi connectivity index (χ0) is 90.1. The van der Waals surface area contributed by atoms with E-state index in [-0.39, 0.29) is 40.0 Å². The number of hydrogen-bond acceptors (Lipinski definition) is 10. The van der Waals surface area contributed by atoms with Crippen molar-refractivity contribution in [1.82, 2.24) is 29.9 Å². The van der Waals surface area contributed by atoms with Gasteiger partial charge in [0.15, 0.2) is 34.9 Å². The van der Waals surface area contributed by atoms with Crippen molar-refractivity contribution in [1.29, 1.82) is 0 Å². The van der Waals surface area contributed by atoms with Crippen LogP contribution in [0.1, 0.15) is 128 Å². The van der Waals surface area contributed by atoms with Gasteiger partial charge in [-0.05, 0) is 198 Å². The summed E-state index contributed by atoms with van der Waals surface area (Å²) in [6, 6.07) is 126. The van der Waals surface area contributed by atoms with E-state index in [2.05, 4.69) is 362 Å². The molecule has 0 radical (unpaired) electrons. The molecule has 16 aromatic carbocycles. The molecule has 132 heavy (non-hydrogen) atoms. The summed E-state index contributed by atoms with van der Waals surface area (Å²) >= 11 is 10.0. The summed E-state index contributed by atoms with van der Waals surface area (Å²) in [5.74, 6) is 3.88. The molecule has 4 aliphatic carbocycles. The lowest BCUT2D eigenvalue weighted by atomic mass is 9.78. The van der Waals surface area contributed by atoms with Crippen LogP contribution in [-0.2, 0) is 31.0 Å². The first-order valence-electron chi connectivity index (χ1n) is 45.6. The van der Waals surface area contributed by atoms with Gasteiger partial charge in [-0.1, -0.05) is 376 Å². The molecule has 5 aliphatic rings. The highest BCUT2D eigenvalue weighted by atomic mass is 35.5. The first kappa shape index (κ1) is 82.7. The molecule has 1 fully saturated rings. The van der Waals surface area contributed by atoms with Crippen LogP contribution < -0.4 is 5.46 Å². The van der Waals surface area contributed by atoms with Crippen LogP contribution in [0.3, 0.4) is 0 Å². The number of rotatable bonds is 10. The molecule has 0 saturated carbocycles. The molecule has 8 nitrogen and oxygen atoms in total. The van der Waals surface area contributed by atoms with Gasteiger partial charge in [0.25, 0.3) is 0 Å². The summed E-state index contributed by atoms with van der Waals surface area (Å²) in [5.41, 5.74) is 34.7. The van der Waals surface area contributed by atoms with Gasteiger partial charge < -0.3 is 9.31 Å². The van der Waals surface area contributed by atoms with Crippen LogP contribution in [0.5, 0.6) is 0 Å². The Labute approximate surface area is 784 Å². The van der Waals surface area contributed by atoms with E-state index in [1.807, 2.05) is 95.5 Å². The van der Waals surface area contributed by atoms with Crippen LogP contribution in [0, 0.1) is 0 Å². The van der Waals surface area contributed by atoms with Gasteiger partial charge in [-0.3, -0.25) is 0 Å². The van der Waals surface area contributed by atoms with E-state index in [9.17, 15) is 0 Å². The highest BCUT2D eigenvalue weighted by Crippen LogP contribution is 2.56. The van der Waals surface area contributed by atoms with Crippen LogP contribution in [0.4, 0.5) is 0 Å². The molecule has 1 aliphatic heterocycles. The maximum atomic E-state index is 6.46. The first-order valence-corrected chi connectivity index (χ1v) is 47.6. The van der Waals surface area contributed by atoms with Crippen molar-refractivity contribution in [3.8, 4) is 146 Å². The number of benzene rings is 16. The summed E-state index contributed by atoms with van der Waals surface area (Å²) in [7, 11) is -0.371. The van der Waals surface area contributed by atoms with Gasteiger partial charge in [0.2, 0.25) is 0 Å². The second kappa shape index (κ2) is 31.2. The fourth-order valence-corrected chi connectivity index (χ4v) is 24.0. The van der Waals surface area contributed by atoms with Gasteiger partial charge in [-0.2, -0.15) is 0 Å². The second-order valence-corrected chi connectivity index (χ2v) is 41.2. The van der Waals surface area contributed by atoms with E-state index < -0.39 is 0 Å². The topological polar surface area (TPSA) is 95.8 Å². The van der Waals surface area contributed by atoms with Crippen molar-refractivity contribution in [2.45, 2.75) is 116 Å². The summed E-state index contributed by atoms with van der Waals surface area (Å²) in [5, 5.41) is 5.77. The minimum absolute atomic E-state index is 0.0140. The zero-order valence-electron chi connectivity index (χ0n) is 75.8. The molecule has 5 heterocycles. The number of aromatic nitrogens is 6. The Morgan fingerprint density at radius 1 is 0.212 bits per heavy atom. The smallest absolute Gasteiger partial charge is 0.399 e. The number of nitrogens with zero attached hydrogens (tertiary/aromatic N) is 6. The van der Waals surface area contributed by atoms with Gasteiger partial charge in [-0.15, -0.1) is 22.7 Å². The summed E-state index contributed by atoms with van der Waals surface area (Å²) < 4.78 is 18.1.